The Bertz CT molecular complexity index is 1130. The van der Waals surface area contributed by atoms with Crippen LogP contribution in [0.2, 0.25) is 0 Å². The van der Waals surface area contributed by atoms with Crippen LogP contribution in [-0.2, 0) is 28.6 Å². The Hall–Kier alpha value is -2.89. The van der Waals surface area contributed by atoms with Crippen molar-refractivity contribution in [3.63, 3.8) is 0 Å². The normalized spacial score (nSPS) is 12.5. The van der Waals surface area contributed by atoms with E-state index < -0.39 is 6.10 Å². The third-order valence-electron chi connectivity index (χ3n) is 11.3. The van der Waals surface area contributed by atoms with Gasteiger partial charge in [0.05, 0.1) is 0 Å². The standard InChI is InChI=1S/C56H98O6/c1-4-7-10-13-16-19-22-25-28-31-34-37-40-43-46-49-55(58)61-52-53(51-60-54(57)48-45-42-39-36-33-30-27-24-21-18-15-12-9-6-3)62-56(59)50-47-44-41-38-35-32-29-26-23-20-17-14-11-8-5-2/h7,10,13,16-17,19-20,22-23,26,53H,4-6,8-9,11-12,14-15,18,21,24-25,27-52H2,1-3H3/b10-7-,16-13-,20-17-,22-19-,26-23-. The highest BCUT2D eigenvalue weighted by molar-refractivity contribution is 5.71. The summed E-state index contributed by atoms with van der Waals surface area (Å²) in [6, 6.07) is 0. The second kappa shape index (κ2) is 50.8. The summed E-state index contributed by atoms with van der Waals surface area (Å²) >= 11 is 0. The van der Waals surface area contributed by atoms with E-state index in [0.29, 0.717) is 19.3 Å². The van der Waals surface area contributed by atoms with Crippen molar-refractivity contribution >= 4 is 17.9 Å². The van der Waals surface area contributed by atoms with Crippen LogP contribution in [0.3, 0.4) is 0 Å². The lowest BCUT2D eigenvalue weighted by Crippen LogP contribution is -2.30. The molecule has 0 aromatic heterocycles. The van der Waals surface area contributed by atoms with Gasteiger partial charge in [-0.05, 0) is 64.2 Å². The van der Waals surface area contributed by atoms with Gasteiger partial charge >= 0.3 is 17.9 Å². The van der Waals surface area contributed by atoms with Gasteiger partial charge in [-0.15, -0.1) is 0 Å². The first-order valence-corrected chi connectivity index (χ1v) is 26.3. The third kappa shape index (κ3) is 48.1. The van der Waals surface area contributed by atoms with Gasteiger partial charge in [0.2, 0.25) is 0 Å². The summed E-state index contributed by atoms with van der Waals surface area (Å²) in [5.74, 6) is -0.899. The zero-order valence-corrected chi connectivity index (χ0v) is 40.9. The van der Waals surface area contributed by atoms with Crippen molar-refractivity contribution in [1.82, 2.24) is 0 Å². The highest BCUT2D eigenvalue weighted by Gasteiger charge is 2.19. The molecule has 62 heavy (non-hydrogen) atoms. The lowest BCUT2D eigenvalue weighted by molar-refractivity contribution is -0.167. The Labute approximate surface area is 383 Å². The molecule has 0 spiro atoms. The molecule has 358 valence electrons. The first-order valence-electron chi connectivity index (χ1n) is 26.3. The first kappa shape index (κ1) is 59.1. The second-order valence-electron chi connectivity index (χ2n) is 17.5. The zero-order chi connectivity index (χ0) is 45.1. The van der Waals surface area contributed by atoms with Crippen LogP contribution >= 0.6 is 0 Å². The van der Waals surface area contributed by atoms with Crippen molar-refractivity contribution < 1.29 is 28.6 Å². The molecule has 0 aromatic carbocycles. The molecular formula is C56H98O6. The number of rotatable bonds is 47. The van der Waals surface area contributed by atoms with E-state index in [1.165, 1.54) is 135 Å². The van der Waals surface area contributed by atoms with Gasteiger partial charge in [-0.25, -0.2) is 0 Å². The quantitative estimate of drug-likeness (QED) is 0.0262. The molecule has 1 unspecified atom stereocenters. The van der Waals surface area contributed by atoms with E-state index in [2.05, 4.69) is 81.5 Å². The minimum Gasteiger partial charge on any atom is -0.462 e. The van der Waals surface area contributed by atoms with E-state index in [4.69, 9.17) is 14.2 Å². The molecule has 0 fully saturated rings. The molecule has 0 bridgehead atoms. The number of ether oxygens (including phenoxy) is 3. The molecule has 0 aliphatic rings. The summed E-state index contributed by atoms with van der Waals surface area (Å²) in [5.41, 5.74) is 0. The predicted molar refractivity (Wildman–Crippen MR) is 265 cm³/mol. The van der Waals surface area contributed by atoms with E-state index in [1.54, 1.807) is 0 Å². The molecular weight excluding hydrogens is 769 g/mol. The molecule has 0 amide bonds. The van der Waals surface area contributed by atoms with Crippen LogP contribution in [0, 0.1) is 0 Å². The van der Waals surface area contributed by atoms with Crippen molar-refractivity contribution in [2.24, 2.45) is 0 Å². The Morgan fingerprint density at radius 2 is 0.629 bits per heavy atom. The van der Waals surface area contributed by atoms with Gasteiger partial charge in [0.1, 0.15) is 13.2 Å². The fourth-order valence-electron chi connectivity index (χ4n) is 7.37. The van der Waals surface area contributed by atoms with Crippen LogP contribution in [-0.4, -0.2) is 37.2 Å². The molecule has 0 saturated carbocycles. The maximum Gasteiger partial charge on any atom is 0.306 e. The lowest BCUT2D eigenvalue weighted by Gasteiger charge is -2.18. The highest BCUT2D eigenvalue weighted by atomic mass is 16.6. The van der Waals surface area contributed by atoms with Crippen LogP contribution < -0.4 is 0 Å². The van der Waals surface area contributed by atoms with Crippen molar-refractivity contribution in [1.29, 1.82) is 0 Å². The molecule has 1 atom stereocenters. The number of carbonyl (C=O) groups is 3. The SMILES string of the molecule is CC\C=C/C=C\C=C/CCCCCCCCCC(=O)OCC(COC(=O)CCCCCCCCCCCCCCCC)OC(=O)CCCCCCCC/C=C\C=C/CCCCC. The Kier molecular flexibility index (Phi) is 48.4. The molecule has 0 radical (unpaired) electrons. The van der Waals surface area contributed by atoms with Crippen LogP contribution in [0.5, 0.6) is 0 Å². The summed E-state index contributed by atoms with van der Waals surface area (Å²) in [5, 5.41) is 0. The van der Waals surface area contributed by atoms with Crippen LogP contribution in [0.15, 0.2) is 60.8 Å². The van der Waals surface area contributed by atoms with Gasteiger partial charge in [0, 0.05) is 19.3 Å². The van der Waals surface area contributed by atoms with Crippen molar-refractivity contribution in [2.45, 2.75) is 264 Å². The molecule has 6 nitrogen and oxygen atoms in total. The lowest BCUT2D eigenvalue weighted by atomic mass is 10.0. The Balaban J connectivity index is 4.40. The molecule has 0 aliphatic heterocycles. The average molecular weight is 867 g/mol. The Morgan fingerprint density at radius 1 is 0.339 bits per heavy atom. The molecule has 6 heteroatoms. The van der Waals surface area contributed by atoms with Crippen molar-refractivity contribution in [2.75, 3.05) is 13.2 Å². The average Bonchev–Trinajstić information content (AvgIpc) is 3.27. The number of carbonyl (C=O) groups excluding carboxylic acids is 3. The summed E-state index contributed by atoms with van der Waals surface area (Å²) in [4.78, 5) is 38.0. The topological polar surface area (TPSA) is 78.9 Å². The Morgan fingerprint density at radius 3 is 1.02 bits per heavy atom. The molecule has 0 aliphatic carbocycles. The van der Waals surface area contributed by atoms with E-state index in [9.17, 15) is 14.4 Å². The minimum atomic E-state index is -0.783. The largest absolute Gasteiger partial charge is 0.462 e. The minimum absolute atomic E-state index is 0.0810. The number of unbranched alkanes of at least 4 members (excludes halogenated alkanes) is 29. The molecule has 0 saturated heterocycles. The molecule has 0 N–H and O–H groups in total. The number of allylic oxidation sites excluding steroid dienone is 10. The summed E-state index contributed by atoms with van der Waals surface area (Å²) in [6.45, 7) is 6.47. The predicted octanol–water partition coefficient (Wildman–Crippen LogP) is 17.3. The number of hydrogen-bond donors (Lipinski definition) is 0. The summed E-state index contributed by atoms with van der Waals surface area (Å²) in [7, 11) is 0. The van der Waals surface area contributed by atoms with E-state index in [-0.39, 0.29) is 31.1 Å². The smallest absolute Gasteiger partial charge is 0.306 e. The van der Waals surface area contributed by atoms with E-state index >= 15 is 0 Å². The highest BCUT2D eigenvalue weighted by Crippen LogP contribution is 2.15. The van der Waals surface area contributed by atoms with Gasteiger partial charge in [0.15, 0.2) is 6.10 Å². The van der Waals surface area contributed by atoms with Crippen molar-refractivity contribution in [3.8, 4) is 0 Å². The van der Waals surface area contributed by atoms with E-state index in [1.807, 2.05) is 0 Å². The fourth-order valence-corrected chi connectivity index (χ4v) is 7.37. The fraction of sp³-hybridized carbons (Fsp3) is 0.768. The van der Waals surface area contributed by atoms with E-state index in [0.717, 1.165) is 83.5 Å². The maximum absolute atomic E-state index is 12.8. The summed E-state index contributed by atoms with van der Waals surface area (Å²) < 4.78 is 16.8. The van der Waals surface area contributed by atoms with Crippen molar-refractivity contribution in [3.05, 3.63) is 60.8 Å². The van der Waals surface area contributed by atoms with Gasteiger partial charge in [-0.1, -0.05) is 236 Å². The first-order chi connectivity index (χ1) is 30.5. The monoisotopic (exact) mass is 867 g/mol. The summed E-state index contributed by atoms with van der Waals surface area (Å²) in [6.07, 6.45) is 62.0. The van der Waals surface area contributed by atoms with Gasteiger partial charge in [-0.2, -0.15) is 0 Å². The maximum atomic E-state index is 12.8. The van der Waals surface area contributed by atoms with Gasteiger partial charge in [0.25, 0.3) is 0 Å². The van der Waals surface area contributed by atoms with Crippen LogP contribution in [0.1, 0.15) is 258 Å². The number of esters is 3. The molecule has 0 aromatic rings. The van der Waals surface area contributed by atoms with Crippen LogP contribution in [0.4, 0.5) is 0 Å². The molecule has 0 rings (SSSR count). The van der Waals surface area contributed by atoms with Gasteiger partial charge in [-0.3, -0.25) is 14.4 Å². The third-order valence-corrected chi connectivity index (χ3v) is 11.3. The van der Waals surface area contributed by atoms with Gasteiger partial charge < -0.3 is 14.2 Å². The second-order valence-corrected chi connectivity index (χ2v) is 17.5. The van der Waals surface area contributed by atoms with Crippen LogP contribution in [0.25, 0.3) is 0 Å². The zero-order valence-electron chi connectivity index (χ0n) is 40.9. The molecule has 0 heterocycles. The number of hydrogen-bond acceptors (Lipinski definition) is 6.